The van der Waals surface area contributed by atoms with Crippen molar-refractivity contribution < 1.29 is 14.3 Å². The quantitative estimate of drug-likeness (QED) is 0.588. The summed E-state index contributed by atoms with van der Waals surface area (Å²) in [5.41, 5.74) is -1.18. The molecular formula is C14H10N4O5S. The Bertz CT molecular complexity index is 974. The van der Waals surface area contributed by atoms with Gasteiger partial charge in [0.15, 0.2) is 11.7 Å². The Kier molecular flexibility index (Phi) is 4.20. The zero-order valence-electron chi connectivity index (χ0n) is 12.0. The van der Waals surface area contributed by atoms with Crippen molar-refractivity contribution >= 4 is 38.6 Å². The van der Waals surface area contributed by atoms with Gasteiger partial charge in [-0.2, -0.15) is 0 Å². The van der Waals surface area contributed by atoms with Gasteiger partial charge in [-0.1, -0.05) is 23.5 Å². The van der Waals surface area contributed by atoms with E-state index in [2.05, 4.69) is 15.3 Å². The normalized spacial score (nSPS) is 10.5. The van der Waals surface area contributed by atoms with E-state index in [-0.39, 0.29) is 5.69 Å². The molecule has 9 nitrogen and oxygen atoms in total. The smallest absolute Gasteiger partial charge is 0.355 e. The second-order valence-electron chi connectivity index (χ2n) is 4.61. The molecule has 1 aromatic carbocycles. The number of amides is 1. The summed E-state index contributed by atoms with van der Waals surface area (Å²) in [6.45, 7) is -0.580. The lowest BCUT2D eigenvalue weighted by Gasteiger charge is -2.04. The largest absolute Gasteiger partial charge is 0.451 e. The molecule has 0 fully saturated rings. The molecule has 2 heterocycles. The Balaban J connectivity index is 1.61. The van der Waals surface area contributed by atoms with Crippen LogP contribution in [0.15, 0.2) is 39.9 Å². The van der Waals surface area contributed by atoms with Gasteiger partial charge in [-0.15, -0.1) is 0 Å². The van der Waals surface area contributed by atoms with Gasteiger partial charge < -0.3 is 9.72 Å². The minimum absolute atomic E-state index is 0.337. The second kappa shape index (κ2) is 6.46. The topological polar surface area (TPSA) is 134 Å². The van der Waals surface area contributed by atoms with Crippen LogP contribution in [0.5, 0.6) is 0 Å². The molecule has 2 aromatic heterocycles. The molecule has 3 rings (SSSR count). The molecule has 0 unspecified atom stereocenters. The van der Waals surface area contributed by atoms with Crippen LogP contribution in [0.1, 0.15) is 10.5 Å². The monoisotopic (exact) mass is 346 g/mol. The van der Waals surface area contributed by atoms with E-state index in [1.165, 1.54) is 11.3 Å². The number of hydrogen-bond acceptors (Lipinski definition) is 7. The van der Waals surface area contributed by atoms with E-state index < -0.39 is 29.7 Å². The highest BCUT2D eigenvalue weighted by molar-refractivity contribution is 7.22. The number of ether oxygens (including phenoxy) is 1. The fraction of sp³-hybridized carbons (Fsp3) is 0.0714. The van der Waals surface area contributed by atoms with Gasteiger partial charge in [0.05, 0.1) is 10.2 Å². The fourth-order valence-electron chi connectivity index (χ4n) is 1.87. The van der Waals surface area contributed by atoms with Gasteiger partial charge in [0.25, 0.3) is 11.5 Å². The Morgan fingerprint density at radius 1 is 1.21 bits per heavy atom. The molecule has 0 aliphatic heterocycles. The van der Waals surface area contributed by atoms with E-state index in [9.17, 15) is 19.2 Å². The molecule has 3 N–H and O–H groups in total. The first-order chi connectivity index (χ1) is 11.5. The lowest BCUT2D eigenvalue weighted by Crippen LogP contribution is -2.27. The number of fused-ring (bicyclic) bond motifs is 1. The lowest BCUT2D eigenvalue weighted by molar-refractivity contribution is -0.119. The Hall–Kier alpha value is -3.27. The molecule has 0 aliphatic rings. The van der Waals surface area contributed by atoms with Crippen LogP contribution in [0, 0.1) is 0 Å². The van der Waals surface area contributed by atoms with Crippen molar-refractivity contribution in [3.63, 3.8) is 0 Å². The maximum atomic E-state index is 11.8. The molecular weight excluding hydrogens is 336 g/mol. The summed E-state index contributed by atoms with van der Waals surface area (Å²) in [5, 5.41) is 2.89. The van der Waals surface area contributed by atoms with Gasteiger partial charge in [0.2, 0.25) is 0 Å². The van der Waals surface area contributed by atoms with Crippen LogP contribution in [0.4, 0.5) is 5.13 Å². The minimum atomic E-state index is -0.988. The number of aromatic nitrogens is 3. The number of esters is 1. The van der Waals surface area contributed by atoms with Crippen LogP contribution in [0.3, 0.4) is 0 Å². The second-order valence-corrected chi connectivity index (χ2v) is 5.64. The van der Waals surface area contributed by atoms with Crippen molar-refractivity contribution in [1.82, 2.24) is 15.0 Å². The number of hydrogen-bond donors (Lipinski definition) is 3. The van der Waals surface area contributed by atoms with Crippen molar-refractivity contribution in [3.8, 4) is 0 Å². The van der Waals surface area contributed by atoms with Gasteiger partial charge in [-0.05, 0) is 12.1 Å². The van der Waals surface area contributed by atoms with Crippen LogP contribution < -0.4 is 16.6 Å². The lowest BCUT2D eigenvalue weighted by atomic mass is 10.3. The predicted molar refractivity (Wildman–Crippen MR) is 86.2 cm³/mol. The molecule has 122 valence electrons. The van der Waals surface area contributed by atoms with Crippen LogP contribution in [-0.2, 0) is 9.53 Å². The first-order valence-electron chi connectivity index (χ1n) is 6.67. The van der Waals surface area contributed by atoms with Gasteiger partial charge in [-0.25, -0.2) is 14.6 Å². The molecule has 0 spiro atoms. The third-order valence-corrected chi connectivity index (χ3v) is 3.81. The highest BCUT2D eigenvalue weighted by Crippen LogP contribution is 2.25. The molecule has 0 aliphatic carbocycles. The number of anilines is 1. The van der Waals surface area contributed by atoms with Gasteiger partial charge in [-0.3, -0.25) is 19.9 Å². The number of benzene rings is 1. The van der Waals surface area contributed by atoms with Crippen LogP contribution in [0.2, 0.25) is 0 Å². The van der Waals surface area contributed by atoms with Crippen molar-refractivity contribution in [3.05, 3.63) is 56.9 Å². The highest BCUT2D eigenvalue weighted by Gasteiger charge is 2.13. The van der Waals surface area contributed by atoms with Crippen LogP contribution in [-0.4, -0.2) is 33.4 Å². The summed E-state index contributed by atoms with van der Waals surface area (Å²) in [4.78, 5) is 53.9. The van der Waals surface area contributed by atoms with E-state index in [4.69, 9.17) is 4.74 Å². The van der Waals surface area contributed by atoms with Crippen molar-refractivity contribution in [2.75, 3.05) is 11.9 Å². The van der Waals surface area contributed by atoms with Gasteiger partial charge in [0, 0.05) is 6.07 Å². The van der Waals surface area contributed by atoms with Crippen molar-refractivity contribution in [1.29, 1.82) is 0 Å². The zero-order chi connectivity index (χ0) is 17.1. The third kappa shape index (κ3) is 3.55. The zero-order valence-corrected chi connectivity index (χ0v) is 12.8. The predicted octanol–water partition coefficient (Wildman–Crippen LogP) is 0.468. The summed E-state index contributed by atoms with van der Waals surface area (Å²) in [6, 6.07) is 8.24. The summed E-state index contributed by atoms with van der Waals surface area (Å²) in [7, 11) is 0. The summed E-state index contributed by atoms with van der Waals surface area (Å²) >= 11 is 1.28. The first-order valence-corrected chi connectivity index (χ1v) is 7.49. The number of aromatic amines is 2. The number of thiazole rings is 1. The molecule has 3 aromatic rings. The molecule has 0 saturated carbocycles. The molecule has 0 atom stereocenters. The number of H-pyrrole nitrogens is 2. The third-order valence-electron chi connectivity index (χ3n) is 2.85. The van der Waals surface area contributed by atoms with E-state index in [0.29, 0.717) is 5.13 Å². The molecule has 0 bridgehead atoms. The SMILES string of the molecule is O=C(COC(=O)c1cc(=O)[nH]c(=O)[nH]1)Nc1nc2ccccc2s1. The molecule has 10 heteroatoms. The first kappa shape index (κ1) is 15.6. The Labute approximate surface area is 137 Å². The van der Waals surface area contributed by atoms with Gasteiger partial charge in [0.1, 0.15) is 5.69 Å². The summed E-state index contributed by atoms with van der Waals surface area (Å²) in [6.07, 6.45) is 0. The number of nitrogens with zero attached hydrogens (tertiary/aromatic N) is 1. The van der Waals surface area contributed by atoms with Gasteiger partial charge >= 0.3 is 11.7 Å². The molecule has 1 amide bonds. The van der Waals surface area contributed by atoms with E-state index >= 15 is 0 Å². The standard InChI is InChI=1S/C14H10N4O5S/c19-10-5-8(15-13(22)17-10)12(21)23-6-11(20)18-14-16-7-3-1-2-4-9(7)24-14/h1-5H,6H2,(H,16,18,20)(H2,15,17,19,22). The number of nitrogens with one attached hydrogen (secondary N) is 3. The minimum Gasteiger partial charge on any atom is -0.451 e. The summed E-state index contributed by atoms with van der Waals surface area (Å²) < 4.78 is 5.66. The molecule has 0 saturated heterocycles. The Morgan fingerprint density at radius 3 is 2.75 bits per heavy atom. The number of carbonyl (C=O) groups excluding carboxylic acids is 2. The molecule has 0 radical (unpaired) electrons. The summed E-state index contributed by atoms with van der Waals surface area (Å²) in [5.74, 6) is -1.58. The van der Waals surface area contributed by atoms with Crippen molar-refractivity contribution in [2.24, 2.45) is 0 Å². The van der Waals surface area contributed by atoms with Crippen LogP contribution >= 0.6 is 11.3 Å². The number of carbonyl (C=O) groups is 2. The van der Waals surface area contributed by atoms with Crippen molar-refractivity contribution in [2.45, 2.75) is 0 Å². The average Bonchev–Trinajstić information content (AvgIpc) is 2.93. The average molecular weight is 346 g/mol. The Morgan fingerprint density at radius 2 is 2.00 bits per heavy atom. The number of para-hydroxylation sites is 1. The van der Waals surface area contributed by atoms with Crippen LogP contribution in [0.25, 0.3) is 10.2 Å². The van der Waals surface area contributed by atoms with E-state index in [1.54, 1.807) is 0 Å². The maximum absolute atomic E-state index is 11.8. The highest BCUT2D eigenvalue weighted by atomic mass is 32.1. The van der Waals surface area contributed by atoms with E-state index in [1.807, 2.05) is 29.2 Å². The fourth-order valence-corrected chi connectivity index (χ4v) is 2.75. The molecule has 24 heavy (non-hydrogen) atoms. The number of rotatable bonds is 4. The maximum Gasteiger partial charge on any atom is 0.355 e. The van der Waals surface area contributed by atoms with E-state index in [0.717, 1.165) is 16.3 Å².